The number of amides is 2. The van der Waals surface area contributed by atoms with Crippen LogP contribution in [0.3, 0.4) is 0 Å². The SMILES string of the molecule is CCC(=O)N(Cc1cc(NC(=O)C2CCCC2)ccc1N(C)C)C(C)CC. The Balaban J connectivity index is 2.25. The second-order valence-electron chi connectivity index (χ2n) is 7.84. The quantitative estimate of drug-likeness (QED) is 0.734. The Hall–Kier alpha value is -2.04. The fourth-order valence-electron chi connectivity index (χ4n) is 3.76. The zero-order chi connectivity index (χ0) is 20.0. The Morgan fingerprint density at radius 3 is 2.41 bits per heavy atom. The summed E-state index contributed by atoms with van der Waals surface area (Å²) >= 11 is 0. The number of rotatable bonds is 8. The standard InChI is InChI=1S/C22H35N3O2/c1-6-16(3)25(21(26)7-2)15-18-14-19(12-13-20(18)24(4)5)23-22(27)17-10-8-9-11-17/h12-14,16-17H,6-11,15H2,1-5H3,(H,23,27). The van der Waals surface area contributed by atoms with E-state index in [9.17, 15) is 9.59 Å². The summed E-state index contributed by atoms with van der Waals surface area (Å²) in [5.41, 5.74) is 2.96. The van der Waals surface area contributed by atoms with E-state index in [1.807, 2.05) is 44.1 Å². The van der Waals surface area contributed by atoms with Gasteiger partial charge in [0.25, 0.3) is 0 Å². The molecular formula is C22H35N3O2. The number of nitrogens with one attached hydrogen (secondary N) is 1. The van der Waals surface area contributed by atoms with Gasteiger partial charge in [0, 0.05) is 50.4 Å². The highest BCUT2D eigenvalue weighted by molar-refractivity contribution is 5.93. The summed E-state index contributed by atoms with van der Waals surface area (Å²) in [7, 11) is 4.01. The van der Waals surface area contributed by atoms with Crippen molar-refractivity contribution in [3.05, 3.63) is 23.8 Å². The van der Waals surface area contributed by atoms with Crippen molar-refractivity contribution in [3.63, 3.8) is 0 Å². The van der Waals surface area contributed by atoms with Crippen molar-refractivity contribution in [2.75, 3.05) is 24.3 Å². The molecule has 1 aliphatic carbocycles. The van der Waals surface area contributed by atoms with Gasteiger partial charge in [-0.05, 0) is 49.9 Å². The summed E-state index contributed by atoms with van der Waals surface area (Å²) in [6.45, 7) is 6.66. The van der Waals surface area contributed by atoms with Crippen molar-refractivity contribution < 1.29 is 9.59 Å². The van der Waals surface area contributed by atoms with E-state index in [4.69, 9.17) is 0 Å². The van der Waals surface area contributed by atoms with E-state index >= 15 is 0 Å². The number of nitrogens with zero attached hydrogens (tertiary/aromatic N) is 2. The second kappa shape index (κ2) is 9.77. The minimum absolute atomic E-state index is 0.125. The molecule has 2 amide bonds. The maximum Gasteiger partial charge on any atom is 0.227 e. The van der Waals surface area contributed by atoms with Crippen LogP contribution in [0.5, 0.6) is 0 Å². The molecule has 5 heteroatoms. The summed E-state index contributed by atoms with van der Waals surface area (Å²) in [5, 5.41) is 3.09. The molecule has 150 valence electrons. The van der Waals surface area contributed by atoms with Gasteiger partial charge in [-0.2, -0.15) is 0 Å². The molecule has 0 aromatic heterocycles. The van der Waals surface area contributed by atoms with E-state index in [0.29, 0.717) is 13.0 Å². The third-order valence-corrected chi connectivity index (χ3v) is 5.64. The van der Waals surface area contributed by atoms with Crippen LogP contribution in [-0.4, -0.2) is 36.9 Å². The number of anilines is 2. The molecule has 2 rings (SSSR count). The predicted octanol–water partition coefficient (Wildman–Crippen LogP) is 4.42. The predicted molar refractivity (Wildman–Crippen MR) is 112 cm³/mol. The van der Waals surface area contributed by atoms with Crippen LogP contribution < -0.4 is 10.2 Å². The molecule has 1 unspecified atom stereocenters. The van der Waals surface area contributed by atoms with Gasteiger partial charge in [0.2, 0.25) is 11.8 Å². The molecule has 0 aliphatic heterocycles. The lowest BCUT2D eigenvalue weighted by Gasteiger charge is -2.30. The summed E-state index contributed by atoms with van der Waals surface area (Å²) < 4.78 is 0. The molecule has 1 aliphatic rings. The number of carbonyl (C=O) groups excluding carboxylic acids is 2. The lowest BCUT2D eigenvalue weighted by molar-refractivity contribution is -0.133. The van der Waals surface area contributed by atoms with Crippen molar-refractivity contribution in [2.24, 2.45) is 5.92 Å². The molecular weight excluding hydrogens is 338 g/mol. The van der Waals surface area contributed by atoms with Crippen molar-refractivity contribution in [1.82, 2.24) is 4.90 Å². The molecule has 1 fully saturated rings. The fourth-order valence-corrected chi connectivity index (χ4v) is 3.76. The number of hydrogen-bond donors (Lipinski definition) is 1. The largest absolute Gasteiger partial charge is 0.377 e. The van der Waals surface area contributed by atoms with Crippen LogP contribution in [0.25, 0.3) is 0 Å². The molecule has 1 saturated carbocycles. The van der Waals surface area contributed by atoms with Gasteiger partial charge < -0.3 is 15.1 Å². The van der Waals surface area contributed by atoms with Crippen molar-refractivity contribution in [1.29, 1.82) is 0 Å². The molecule has 5 nitrogen and oxygen atoms in total. The average Bonchev–Trinajstić information content (AvgIpc) is 3.19. The maximum absolute atomic E-state index is 12.5. The van der Waals surface area contributed by atoms with E-state index < -0.39 is 0 Å². The Morgan fingerprint density at radius 2 is 1.85 bits per heavy atom. The van der Waals surface area contributed by atoms with Gasteiger partial charge in [-0.25, -0.2) is 0 Å². The van der Waals surface area contributed by atoms with Crippen molar-refractivity contribution in [3.8, 4) is 0 Å². The molecule has 27 heavy (non-hydrogen) atoms. The first-order valence-electron chi connectivity index (χ1n) is 10.3. The van der Waals surface area contributed by atoms with Gasteiger partial charge in [0.05, 0.1) is 0 Å². The Bertz CT molecular complexity index is 651. The summed E-state index contributed by atoms with van der Waals surface area (Å²) in [5.74, 6) is 0.425. The minimum Gasteiger partial charge on any atom is -0.377 e. The first-order chi connectivity index (χ1) is 12.9. The molecule has 1 N–H and O–H groups in total. The smallest absolute Gasteiger partial charge is 0.227 e. The van der Waals surface area contributed by atoms with Gasteiger partial charge in [0.15, 0.2) is 0 Å². The molecule has 0 saturated heterocycles. The fraction of sp³-hybridized carbons (Fsp3) is 0.636. The van der Waals surface area contributed by atoms with Gasteiger partial charge in [-0.1, -0.05) is 26.7 Å². The van der Waals surface area contributed by atoms with Gasteiger partial charge in [-0.3, -0.25) is 9.59 Å². The summed E-state index contributed by atoms with van der Waals surface area (Å²) in [4.78, 5) is 29.0. The zero-order valence-electron chi connectivity index (χ0n) is 17.5. The first kappa shape index (κ1) is 21.3. The Morgan fingerprint density at radius 1 is 1.19 bits per heavy atom. The van der Waals surface area contributed by atoms with E-state index in [0.717, 1.165) is 49.0 Å². The van der Waals surface area contributed by atoms with Crippen LogP contribution in [0.15, 0.2) is 18.2 Å². The molecule has 0 bridgehead atoms. The van der Waals surface area contributed by atoms with Crippen LogP contribution in [0.4, 0.5) is 11.4 Å². The maximum atomic E-state index is 12.5. The lowest BCUT2D eigenvalue weighted by atomic mass is 10.1. The second-order valence-corrected chi connectivity index (χ2v) is 7.84. The van der Waals surface area contributed by atoms with Gasteiger partial charge in [0.1, 0.15) is 0 Å². The van der Waals surface area contributed by atoms with Crippen molar-refractivity contribution >= 4 is 23.2 Å². The molecule has 0 heterocycles. The minimum atomic E-state index is 0.125. The van der Waals surface area contributed by atoms with E-state index in [1.54, 1.807) is 0 Å². The van der Waals surface area contributed by atoms with Crippen LogP contribution >= 0.6 is 0 Å². The number of benzene rings is 1. The first-order valence-corrected chi connectivity index (χ1v) is 10.3. The molecule has 1 aromatic rings. The summed E-state index contributed by atoms with van der Waals surface area (Å²) in [6.07, 6.45) is 5.68. The molecule has 0 spiro atoms. The van der Waals surface area contributed by atoms with E-state index in [2.05, 4.69) is 24.1 Å². The zero-order valence-corrected chi connectivity index (χ0v) is 17.5. The third kappa shape index (κ3) is 5.47. The van der Waals surface area contributed by atoms with Crippen LogP contribution in [0.2, 0.25) is 0 Å². The average molecular weight is 374 g/mol. The molecule has 1 atom stereocenters. The van der Waals surface area contributed by atoms with Gasteiger partial charge >= 0.3 is 0 Å². The van der Waals surface area contributed by atoms with E-state index in [-0.39, 0.29) is 23.8 Å². The highest BCUT2D eigenvalue weighted by Gasteiger charge is 2.23. The lowest BCUT2D eigenvalue weighted by Crippen LogP contribution is -2.37. The van der Waals surface area contributed by atoms with E-state index in [1.165, 1.54) is 0 Å². The molecule has 0 radical (unpaired) electrons. The van der Waals surface area contributed by atoms with Crippen LogP contribution in [0, 0.1) is 5.92 Å². The Labute approximate surface area is 164 Å². The number of carbonyl (C=O) groups is 2. The third-order valence-electron chi connectivity index (χ3n) is 5.64. The highest BCUT2D eigenvalue weighted by atomic mass is 16.2. The van der Waals surface area contributed by atoms with Gasteiger partial charge in [-0.15, -0.1) is 0 Å². The molecule has 1 aromatic carbocycles. The monoisotopic (exact) mass is 373 g/mol. The summed E-state index contributed by atoms with van der Waals surface area (Å²) in [6, 6.07) is 6.20. The highest BCUT2D eigenvalue weighted by Crippen LogP contribution is 2.29. The normalized spacial score (nSPS) is 15.4. The van der Waals surface area contributed by atoms with Crippen LogP contribution in [-0.2, 0) is 16.1 Å². The topological polar surface area (TPSA) is 52.7 Å². The van der Waals surface area contributed by atoms with Crippen molar-refractivity contribution in [2.45, 2.75) is 71.9 Å². The number of hydrogen-bond acceptors (Lipinski definition) is 3. The Kier molecular flexibility index (Phi) is 7.69. The van der Waals surface area contributed by atoms with Crippen LogP contribution in [0.1, 0.15) is 64.9 Å².